The average Bonchev–Trinajstić information content (AvgIpc) is 2.84. The van der Waals surface area contributed by atoms with Gasteiger partial charge in [0.25, 0.3) is 0 Å². The molecule has 0 atom stereocenters. The second-order valence-corrected chi connectivity index (χ2v) is 6.68. The van der Waals surface area contributed by atoms with E-state index in [4.69, 9.17) is 0 Å². The van der Waals surface area contributed by atoms with Gasteiger partial charge in [0.2, 0.25) is 0 Å². The zero-order valence-electron chi connectivity index (χ0n) is 14.6. The molecule has 1 aromatic carbocycles. The van der Waals surface area contributed by atoms with E-state index in [1.807, 2.05) is 13.0 Å². The smallest absolute Gasteiger partial charge is 0.132 e. The van der Waals surface area contributed by atoms with Crippen LogP contribution in [0.15, 0.2) is 36.4 Å². The highest BCUT2D eigenvalue weighted by Gasteiger charge is 2.13. The topological polar surface area (TPSA) is 49.8 Å². The SMILES string of the molecule is Cc1nc(NCCc2ccccc2)cc(NC2CCCCCC2)n1. The second kappa shape index (κ2) is 8.67. The maximum atomic E-state index is 4.56. The van der Waals surface area contributed by atoms with Crippen LogP contribution in [-0.2, 0) is 6.42 Å². The Labute approximate surface area is 145 Å². The molecule has 0 unspecified atom stereocenters. The lowest BCUT2D eigenvalue weighted by Gasteiger charge is -2.18. The van der Waals surface area contributed by atoms with Gasteiger partial charge in [-0.3, -0.25) is 0 Å². The number of anilines is 2. The third-order valence-electron chi connectivity index (χ3n) is 4.61. The highest BCUT2D eigenvalue weighted by atomic mass is 15.1. The van der Waals surface area contributed by atoms with Gasteiger partial charge < -0.3 is 10.6 Å². The Balaban J connectivity index is 1.56. The minimum atomic E-state index is 0.555. The van der Waals surface area contributed by atoms with Gasteiger partial charge in [0.15, 0.2) is 0 Å². The largest absolute Gasteiger partial charge is 0.370 e. The minimum Gasteiger partial charge on any atom is -0.370 e. The van der Waals surface area contributed by atoms with Crippen molar-refractivity contribution in [3.8, 4) is 0 Å². The number of hydrogen-bond donors (Lipinski definition) is 2. The number of hydrogen-bond acceptors (Lipinski definition) is 4. The predicted octanol–water partition coefficient (Wildman–Crippen LogP) is 4.57. The zero-order valence-corrected chi connectivity index (χ0v) is 14.6. The highest BCUT2D eigenvalue weighted by Crippen LogP contribution is 2.21. The fraction of sp³-hybridized carbons (Fsp3) is 0.500. The molecule has 128 valence electrons. The molecule has 0 aliphatic heterocycles. The van der Waals surface area contributed by atoms with Gasteiger partial charge in [-0.25, -0.2) is 9.97 Å². The van der Waals surface area contributed by atoms with E-state index < -0.39 is 0 Å². The van der Waals surface area contributed by atoms with Crippen LogP contribution < -0.4 is 10.6 Å². The van der Waals surface area contributed by atoms with Gasteiger partial charge in [-0.2, -0.15) is 0 Å². The average molecular weight is 324 g/mol. The van der Waals surface area contributed by atoms with E-state index in [-0.39, 0.29) is 0 Å². The van der Waals surface area contributed by atoms with Crippen molar-refractivity contribution in [2.24, 2.45) is 0 Å². The molecule has 0 radical (unpaired) electrons. The fourth-order valence-electron chi connectivity index (χ4n) is 3.34. The summed E-state index contributed by atoms with van der Waals surface area (Å²) in [7, 11) is 0. The van der Waals surface area contributed by atoms with Crippen LogP contribution in [0.5, 0.6) is 0 Å². The standard InChI is InChI=1S/C20H28N4/c1-16-22-19(21-14-13-17-9-5-4-6-10-17)15-20(23-16)24-18-11-7-2-3-8-12-18/h4-6,9-10,15,18H,2-3,7-8,11-14H2,1H3,(H2,21,22,23,24). The van der Waals surface area contributed by atoms with Gasteiger partial charge in [0.1, 0.15) is 17.5 Å². The Morgan fingerprint density at radius 2 is 1.67 bits per heavy atom. The Hall–Kier alpha value is -2.10. The zero-order chi connectivity index (χ0) is 16.6. The number of nitrogens with zero attached hydrogens (tertiary/aromatic N) is 2. The van der Waals surface area contributed by atoms with Crippen LogP contribution in [0.1, 0.15) is 49.9 Å². The van der Waals surface area contributed by atoms with Crippen molar-refractivity contribution >= 4 is 11.6 Å². The van der Waals surface area contributed by atoms with Crippen LogP contribution in [0, 0.1) is 6.92 Å². The van der Waals surface area contributed by atoms with Gasteiger partial charge >= 0.3 is 0 Å². The van der Waals surface area contributed by atoms with E-state index in [1.54, 1.807) is 0 Å². The van der Waals surface area contributed by atoms with E-state index in [9.17, 15) is 0 Å². The van der Waals surface area contributed by atoms with Gasteiger partial charge in [-0.05, 0) is 31.7 Å². The molecule has 0 saturated heterocycles. The first-order valence-corrected chi connectivity index (χ1v) is 9.19. The summed E-state index contributed by atoms with van der Waals surface area (Å²) in [4.78, 5) is 9.08. The molecule has 1 aliphatic carbocycles. The van der Waals surface area contributed by atoms with Crippen LogP contribution in [0.25, 0.3) is 0 Å². The predicted molar refractivity (Wildman–Crippen MR) is 101 cm³/mol. The molecular formula is C20H28N4. The third kappa shape index (κ3) is 5.22. The van der Waals surface area contributed by atoms with Crippen LogP contribution in [0.4, 0.5) is 11.6 Å². The molecule has 0 spiro atoms. The summed E-state index contributed by atoms with van der Waals surface area (Å²) in [6.45, 7) is 2.84. The third-order valence-corrected chi connectivity index (χ3v) is 4.61. The second-order valence-electron chi connectivity index (χ2n) is 6.68. The van der Waals surface area contributed by atoms with E-state index in [1.165, 1.54) is 44.1 Å². The Kier molecular flexibility index (Phi) is 6.05. The van der Waals surface area contributed by atoms with Crippen LogP contribution in [0.2, 0.25) is 0 Å². The van der Waals surface area contributed by atoms with Crippen LogP contribution >= 0.6 is 0 Å². The van der Waals surface area contributed by atoms with E-state index in [2.05, 4.69) is 50.9 Å². The molecule has 1 aliphatic rings. The molecule has 2 aromatic rings. The molecule has 4 heteroatoms. The van der Waals surface area contributed by atoms with E-state index in [0.717, 1.165) is 30.4 Å². The Bertz CT molecular complexity index is 619. The molecule has 0 amide bonds. The lowest BCUT2D eigenvalue weighted by Crippen LogP contribution is -2.19. The van der Waals surface area contributed by atoms with Gasteiger partial charge in [-0.1, -0.05) is 56.0 Å². The normalized spacial score (nSPS) is 15.7. The molecule has 1 fully saturated rings. The summed E-state index contributed by atoms with van der Waals surface area (Å²) in [5.74, 6) is 2.68. The summed E-state index contributed by atoms with van der Waals surface area (Å²) in [5.41, 5.74) is 1.34. The highest BCUT2D eigenvalue weighted by molar-refractivity contribution is 5.48. The molecule has 4 nitrogen and oxygen atoms in total. The van der Waals surface area contributed by atoms with Crippen LogP contribution in [-0.4, -0.2) is 22.6 Å². The van der Waals surface area contributed by atoms with Crippen molar-refractivity contribution in [1.29, 1.82) is 0 Å². The van der Waals surface area contributed by atoms with Gasteiger partial charge in [0, 0.05) is 18.7 Å². The van der Waals surface area contributed by atoms with Crippen molar-refractivity contribution in [3.05, 3.63) is 47.8 Å². The summed E-state index contributed by atoms with van der Waals surface area (Å²) in [6, 6.07) is 13.1. The number of nitrogens with one attached hydrogen (secondary N) is 2. The Morgan fingerprint density at radius 3 is 2.42 bits per heavy atom. The number of aryl methyl sites for hydroxylation is 1. The molecule has 1 heterocycles. The quantitative estimate of drug-likeness (QED) is 0.764. The lowest BCUT2D eigenvalue weighted by atomic mass is 10.1. The molecule has 24 heavy (non-hydrogen) atoms. The maximum Gasteiger partial charge on any atom is 0.132 e. The summed E-state index contributed by atoms with van der Waals surface area (Å²) >= 11 is 0. The molecule has 0 bridgehead atoms. The summed E-state index contributed by atoms with van der Waals surface area (Å²) in [5, 5.41) is 7.05. The molecule has 3 rings (SSSR count). The first kappa shape index (κ1) is 16.7. The monoisotopic (exact) mass is 324 g/mol. The van der Waals surface area contributed by atoms with E-state index in [0.29, 0.717) is 6.04 Å². The van der Waals surface area contributed by atoms with Crippen molar-refractivity contribution in [2.75, 3.05) is 17.2 Å². The lowest BCUT2D eigenvalue weighted by molar-refractivity contribution is 0.617. The number of aromatic nitrogens is 2. The molecule has 1 saturated carbocycles. The minimum absolute atomic E-state index is 0.555. The number of rotatable bonds is 6. The van der Waals surface area contributed by atoms with Gasteiger partial charge in [-0.15, -0.1) is 0 Å². The van der Waals surface area contributed by atoms with Crippen molar-refractivity contribution in [3.63, 3.8) is 0 Å². The Morgan fingerprint density at radius 1 is 0.958 bits per heavy atom. The first-order chi connectivity index (χ1) is 11.8. The van der Waals surface area contributed by atoms with Crippen LogP contribution in [0.3, 0.4) is 0 Å². The molecule has 2 N–H and O–H groups in total. The van der Waals surface area contributed by atoms with Crippen molar-refractivity contribution < 1.29 is 0 Å². The molecular weight excluding hydrogens is 296 g/mol. The summed E-state index contributed by atoms with van der Waals surface area (Å²) in [6.07, 6.45) is 8.88. The van der Waals surface area contributed by atoms with Crippen molar-refractivity contribution in [2.45, 2.75) is 57.9 Å². The number of benzene rings is 1. The van der Waals surface area contributed by atoms with Crippen molar-refractivity contribution in [1.82, 2.24) is 9.97 Å². The summed E-state index contributed by atoms with van der Waals surface area (Å²) < 4.78 is 0. The molecule has 1 aromatic heterocycles. The van der Waals surface area contributed by atoms with E-state index >= 15 is 0 Å². The maximum absolute atomic E-state index is 4.56. The first-order valence-electron chi connectivity index (χ1n) is 9.19. The fourth-order valence-corrected chi connectivity index (χ4v) is 3.34. The van der Waals surface area contributed by atoms with Gasteiger partial charge in [0.05, 0.1) is 0 Å².